The zero-order valence-electron chi connectivity index (χ0n) is 13.2. The summed E-state index contributed by atoms with van der Waals surface area (Å²) < 4.78 is 8.18. The van der Waals surface area contributed by atoms with E-state index in [0.29, 0.717) is 12.0 Å². The van der Waals surface area contributed by atoms with E-state index in [2.05, 4.69) is 34.9 Å². The normalized spacial score (nSPS) is 16.8. The van der Waals surface area contributed by atoms with Crippen molar-refractivity contribution < 1.29 is 4.74 Å². The second-order valence-corrected chi connectivity index (χ2v) is 6.30. The molecule has 4 heteroatoms. The Balaban J connectivity index is 1.79. The van der Waals surface area contributed by atoms with E-state index in [-0.39, 0.29) is 0 Å². The van der Waals surface area contributed by atoms with Crippen LogP contribution in [-0.2, 0) is 11.3 Å². The van der Waals surface area contributed by atoms with Crippen molar-refractivity contribution in [2.75, 3.05) is 18.5 Å². The highest BCUT2D eigenvalue weighted by atomic mass is 16.5. The van der Waals surface area contributed by atoms with Crippen LogP contribution in [0.2, 0.25) is 0 Å². The van der Waals surface area contributed by atoms with Gasteiger partial charge < -0.3 is 14.6 Å². The number of imidazole rings is 1. The lowest BCUT2D eigenvalue weighted by Gasteiger charge is -2.22. The van der Waals surface area contributed by atoms with Gasteiger partial charge in [-0.15, -0.1) is 0 Å². The summed E-state index contributed by atoms with van der Waals surface area (Å²) >= 11 is 0. The van der Waals surface area contributed by atoms with Crippen LogP contribution in [0.3, 0.4) is 0 Å². The van der Waals surface area contributed by atoms with Crippen LogP contribution in [-0.4, -0.2) is 28.8 Å². The number of hydrogen-bond acceptors (Lipinski definition) is 3. The van der Waals surface area contributed by atoms with Gasteiger partial charge in [-0.05, 0) is 25.7 Å². The predicted octanol–water partition coefficient (Wildman–Crippen LogP) is 3.61. The molecule has 20 heavy (non-hydrogen) atoms. The lowest BCUT2D eigenvalue weighted by molar-refractivity contribution is 0.0242. The highest BCUT2D eigenvalue weighted by Crippen LogP contribution is 2.20. The molecule has 1 N–H and O–H groups in total. The summed E-state index contributed by atoms with van der Waals surface area (Å²) in [6, 6.07) is 0. The Hall–Kier alpha value is -1.03. The number of ether oxygens (including phenoxy) is 1. The van der Waals surface area contributed by atoms with Gasteiger partial charge in [0.1, 0.15) is 0 Å². The van der Waals surface area contributed by atoms with E-state index in [1.54, 1.807) is 0 Å². The second kappa shape index (κ2) is 7.67. The van der Waals surface area contributed by atoms with Gasteiger partial charge in [-0.3, -0.25) is 0 Å². The first-order valence-corrected chi connectivity index (χ1v) is 8.04. The third kappa shape index (κ3) is 4.82. The number of rotatable bonds is 7. The average molecular weight is 279 g/mol. The number of nitrogens with one attached hydrogen (secondary N) is 1. The summed E-state index contributed by atoms with van der Waals surface area (Å²) in [6.45, 7) is 9.09. The van der Waals surface area contributed by atoms with Crippen LogP contribution < -0.4 is 5.32 Å². The molecule has 0 saturated heterocycles. The Morgan fingerprint density at radius 1 is 1.35 bits per heavy atom. The molecule has 0 unspecified atom stereocenters. The standard InChI is InChI=1S/C16H29N3O/c1-13(2)11-17-16-18-14(3)12-19(16)9-10-20-15-7-5-4-6-8-15/h12-13,15H,4-11H2,1-3H3,(H,17,18). The molecule has 0 atom stereocenters. The van der Waals surface area contributed by atoms with Crippen molar-refractivity contribution in [3.8, 4) is 0 Å². The Morgan fingerprint density at radius 2 is 2.10 bits per heavy atom. The molecular weight excluding hydrogens is 250 g/mol. The van der Waals surface area contributed by atoms with Crippen molar-refractivity contribution in [1.29, 1.82) is 0 Å². The van der Waals surface area contributed by atoms with Crippen molar-refractivity contribution in [2.24, 2.45) is 5.92 Å². The molecule has 1 fully saturated rings. The zero-order valence-corrected chi connectivity index (χ0v) is 13.2. The van der Waals surface area contributed by atoms with Crippen LogP contribution in [0.15, 0.2) is 6.20 Å². The first-order chi connectivity index (χ1) is 9.65. The van der Waals surface area contributed by atoms with Crippen LogP contribution in [0.1, 0.15) is 51.6 Å². The molecule has 1 aromatic heterocycles. The molecule has 0 aliphatic heterocycles. The van der Waals surface area contributed by atoms with Gasteiger partial charge in [0.2, 0.25) is 5.95 Å². The minimum Gasteiger partial charge on any atom is -0.376 e. The summed E-state index contributed by atoms with van der Waals surface area (Å²) in [5, 5.41) is 3.42. The minimum atomic E-state index is 0.487. The van der Waals surface area contributed by atoms with E-state index in [1.807, 2.05) is 6.92 Å². The predicted molar refractivity (Wildman–Crippen MR) is 83.1 cm³/mol. The molecule has 0 amide bonds. The van der Waals surface area contributed by atoms with Gasteiger partial charge in [0.25, 0.3) is 0 Å². The maximum absolute atomic E-state index is 6.00. The van der Waals surface area contributed by atoms with Crippen molar-refractivity contribution >= 4 is 5.95 Å². The number of aromatic nitrogens is 2. The van der Waals surface area contributed by atoms with Gasteiger partial charge in [0.05, 0.1) is 18.4 Å². The molecule has 1 aliphatic rings. The fraction of sp³-hybridized carbons (Fsp3) is 0.812. The summed E-state index contributed by atoms with van der Waals surface area (Å²) in [5.74, 6) is 1.60. The van der Waals surface area contributed by atoms with E-state index in [9.17, 15) is 0 Å². The molecule has 114 valence electrons. The van der Waals surface area contributed by atoms with Crippen LogP contribution in [0.4, 0.5) is 5.95 Å². The molecule has 2 rings (SSSR count). The molecule has 0 spiro atoms. The van der Waals surface area contributed by atoms with E-state index in [1.165, 1.54) is 32.1 Å². The van der Waals surface area contributed by atoms with E-state index in [4.69, 9.17) is 4.74 Å². The molecule has 1 heterocycles. The van der Waals surface area contributed by atoms with Crippen molar-refractivity contribution in [3.05, 3.63) is 11.9 Å². The van der Waals surface area contributed by atoms with Gasteiger partial charge in [0.15, 0.2) is 0 Å². The van der Waals surface area contributed by atoms with E-state index < -0.39 is 0 Å². The maximum atomic E-state index is 6.00. The maximum Gasteiger partial charge on any atom is 0.203 e. The Labute approximate surface area is 122 Å². The summed E-state index contributed by atoms with van der Waals surface area (Å²) in [7, 11) is 0. The summed E-state index contributed by atoms with van der Waals surface area (Å²) in [5.41, 5.74) is 1.06. The fourth-order valence-corrected chi connectivity index (χ4v) is 2.70. The number of hydrogen-bond donors (Lipinski definition) is 1. The Kier molecular flexibility index (Phi) is 5.89. The smallest absolute Gasteiger partial charge is 0.203 e. The van der Waals surface area contributed by atoms with Gasteiger partial charge in [0, 0.05) is 19.3 Å². The van der Waals surface area contributed by atoms with Gasteiger partial charge in [-0.2, -0.15) is 0 Å². The molecule has 0 radical (unpaired) electrons. The molecule has 1 aliphatic carbocycles. The first kappa shape index (κ1) is 15.4. The van der Waals surface area contributed by atoms with E-state index in [0.717, 1.165) is 31.3 Å². The Bertz CT molecular complexity index is 394. The average Bonchev–Trinajstić information content (AvgIpc) is 2.78. The number of nitrogens with zero attached hydrogens (tertiary/aromatic N) is 2. The topological polar surface area (TPSA) is 39.1 Å². The van der Waals surface area contributed by atoms with Crippen LogP contribution in [0, 0.1) is 12.8 Å². The highest BCUT2D eigenvalue weighted by Gasteiger charge is 2.13. The SMILES string of the molecule is Cc1cn(CCOC2CCCCC2)c(NCC(C)C)n1. The molecule has 0 aromatic carbocycles. The number of anilines is 1. The minimum absolute atomic E-state index is 0.487. The fourth-order valence-electron chi connectivity index (χ4n) is 2.70. The second-order valence-electron chi connectivity index (χ2n) is 6.30. The van der Waals surface area contributed by atoms with Gasteiger partial charge >= 0.3 is 0 Å². The summed E-state index contributed by atoms with van der Waals surface area (Å²) in [4.78, 5) is 4.54. The van der Waals surface area contributed by atoms with Crippen molar-refractivity contribution in [3.63, 3.8) is 0 Å². The Morgan fingerprint density at radius 3 is 2.80 bits per heavy atom. The number of aryl methyl sites for hydroxylation is 1. The first-order valence-electron chi connectivity index (χ1n) is 8.04. The molecule has 1 aromatic rings. The van der Waals surface area contributed by atoms with E-state index >= 15 is 0 Å². The monoisotopic (exact) mass is 279 g/mol. The van der Waals surface area contributed by atoms with Crippen LogP contribution in [0.25, 0.3) is 0 Å². The quantitative estimate of drug-likeness (QED) is 0.828. The molecular formula is C16H29N3O. The molecule has 1 saturated carbocycles. The summed E-state index contributed by atoms with van der Waals surface area (Å²) in [6.07, 6.45) is 9.10. The largest absolute Gasteiger partial charge is 0.376 e. The zero-order chi connectivity index (χ0) is 14.4. The van der Waals surface area contributed by atoms with Crippen LogP contribution in [0.5, 0.6) is 0 Å². The third-order valence-electron chi connectivity index (χ3n) is 3.80. The molecule has 4 nitrogen and oxygen atoms in total. The highest BCUT2D eigenvalue weighted by molar-refractivity contribution is 5.28. The van der Waals surface area contributed by atoms with Crippen molar-refractivity contribution in [1.82, 2.24) is 9.55 Å². The molecule has 0 bridgehead atoms. The van der Waals surface area contributed by atoms with Crippen molar-refractivity contribution in [2.45, 2.75) is 65.5 Å². The lowest BCUT2D eigenvalue weighted by Crippen LogP contribution is -2.20. The third-order valence-corrected chi connectivity index (χ3v) is 3.80. The van der Waals surface area contributed by atoms with Gasteiger partial charge in [-0.1, -0.05) is 33.1 Å². The lowest BCUT2D eigenvalue weighted by atomic mass is 9.98. The van der Waals surface area contributed by atoms with Crippen LogP contribution >= 0.6 is 0 Å². The van der Waals surface area contributed by atoms with Gasteiger partial charge in [-0.25, -0.2) is 4.98 Å².